The molecule has 2 aliphatic rings. The van der Waals surface area contributed by atoms with Crippen molar-refractivity contribution in [1.82, 2.24) is 24.9 Å². The van der Waals surface area contributed by atoms with Crippen molar-refractivity contribution >= 4 is 74.6 Å². The SMILES string of the molecule is CC(C)C(O/N=C(\C(=O)N[C@@H]1C(=O)N2C(C(=O)O)=C(CSc3nc4ccccc4o3)CS[C@H]12)c1csc(N)n1)c1cc(=O)c(O)cn1O. The van der Waals surface area contributed by atoms with Gasteiger partial charge in [-0.25, -0.2) is 14.8 Å². The van der Waals surface area contributed by atoms with E-state index in [9.17, 15) is 34.6 Å². The van der Waals surface area contributed by atoms with Gasteiger partial charge in [0.1, 0.15) is 34.0 Å². The number of carboxylic acids is 1. The molecule has 48 heavy (non-hydrogen) atoms. The van der Waals surface area contributed by atoms with Gasteiger partial charge in [-0.3, -0.25) is 19.3 Å². The molecule has 0 radical (unpaired) electrons. The van der Waals surface area contributed by atoms with Crippen molar-refractivity contribution in [2.75, 3.05) is 17.2 Å². The van der Waals surface area contributed by atoms with Crippen molar-refractivity contribution in [3.05, 3.63) is 74.8 Å². The lowest BCUT2D eigenvalue weighted by Gasteiger charge is -2.49. The average Bonchev–Trinajstić information content (AvgIpc) is 3.67. The number of thioether (sulfide) groups is 2. The Bertz CT molecular complexity index is 2020. The van der Waals surface area contributed by atoms with Crippen LogP contribution in [-0.2, 0) is 19.2 Å². The van der Waals surface area contributed by atoms with Crippen LogP contribution < -0.4 is 16.5 Å². The third-order valence-corrected chi connectivity index (χ3v) is 10.3. The van der Waals surface area contributed by atoms with E-state index in [-0.39, 0.29) is 39.4 Å². The second-order valence-corrected chi connectivity index (χ2v) is 13.8. The minimum absolute atomic E-state index is 0.0363. The molecule has 250 valence electrons. The molecular formula is C29H27N7O9S3. The van der Waals surface area contributed by atoms with E-state index < -0.39 is 52.4 Å². The number of nitrogens with zero attached hydrogens (tertiary/aromatic N) is 5. The highest BCUT2D eigenvalue weighted by molar-refractivity contribution is 8.01. The molecule has 6 rings (SSSR count). The van der Waals surface area contributed by atoms with Crippen molar-refractivity contribution in [2.24, 2.45) is 11.1 Å². The van der Waals surface area contributed by atoms with Gasteiger partial charge in [-0.15, -0.1) is 23.1 Å². The standard InChI is InChI=1S/C29H27N7O9S3/c1-12(2)23(16-7-17(37)18(38)8-35(16)43)45-34-20(15-11-47-28(30)31-15)24(39)33-21-25(40)36-22(27(41)42)13(9-46-26(21)36)10-48-29-32-14-5-3-4-6-19(14)44-29/h3-8,11-12,21,23,26,38,43H,9-10H2,1-2H3,(H2,30,31)(H,33,39)(H,41,42)/b34-20-/t21-,23?,26-/m1/s1. The van der Waals surface area contributed by atoms with Gasteiger partial charge in [0.15, 0.2) is 28.3 Å². The average molecular weight is 714 g/mol. The second kappa shape index (κ2) is 13.2. The van der Waals surface area contributed by atoms with Crippen molar-refractivity contribution in [2.45, 2.75) is 36.6 Å². The van der Waals surface area contributed by atoms with Crippen molar-refractivity contribution in [1.29, 1.82) is 0 Å². The lowest BCUT2D eigenvalue weighted by Crippen LogP contribution is -2.71. The number of carbonyl (C=O) groups is 3. The number of β-lactam (4-membered cyclic amide) rings is 1. The van der Waals surface area contributed by atoms with Crippen LogP contribution in [-0.4, -0.2) is 81.4 Å². The maximum Gasteiger partial charge on any atom is 0.352 e. The number of hydrogen-bond donors (Lipinski definition) is 5. The molecule has 0 spiro atoms. The zero-order chi connectivity index (χ0) is 34.3. The number of para-hydroxylation sites is 2. The summed E-state index contributed by atoms with van der Waals surface area (Å²) in [6.45, 7) is 3.43. The number of nitrogen functional groups attached to an aromatic ring is 1. The van der Waals surface area contributed by atoms with Gasteiger partial charge in [0.05, 0.1) is 6.20 Å². The summed E-state index contributed by atoms with van der Waals surface area (Å²) in [4.78, 5) is 66.7. The van der Waals surface area contributed by atoms with Crippen LogP contribution in [0.3, 0.4) is 0 Å². The number of carbonyl (C=O) groups excluding carboxylic acids is 2. The van der Waals surface area contributed by atoms with Crippen molar-refractivity contribution in [3.63, 3.8) is 0 Å². The van der Waals surface area contributed by atoms with E-state index in [0.717, 1.165) is 28.5 Å². The van der Waals surface area contributed by atoms with Gasteiger partial charge in [-0.05, 0) is 23.6 Å². The number of fused-ring (bicyclic) bond motifs is 2. The number of carboxylic acid groups (broad SMARTS) is 1. The molecule has 1 unspecified atom stereocenters. The van der Waals surface area contributed by atoms with Crippen molar-refractivity contribution in [3.8, 4) is 5.75 Å². The fourth-order valence-corrected chi connectivity index (χ4v) is 7.91. The summed E-state index contributed by atoms with van der Waals surface area (Å²) in [6, 6.07) is 7.11. The fourth-order valence-electron chi connectivity index (χ4n) is 5.03. The highest BCUT2D eigenvalue weighted by atomic mass is 32.2. The first-order valence-electron chi connectivity index (χ1n) is 14.2. The summed E-state index contributed by atoms with van der Waals surface area (Å²) in [5, 5.41) is 37.9. The first-order chi connectivity index (χ1) is 22.9. The second-order valence-electron chi connectivity index (χ2n) is 10.9. The first kappa shape index (κ1) is 32.9. The number of amides is 2. The number of benzene rings is 1. The van der Waals surface area contributed by atoms with Gasteiger partial charge in [0.2, 0.25) is 5.43 Å². The fraction of sp³-hybridized carbons (Fsp3) is 0.276. The molecule has 1 fully saturated rings. The maximum absolute atomic E-state index is 13.6. The zero-order valence-electron chi connectivity index (χ0n) is 25.1. The Kier molecular flexibility index (Phi) is 9.08. The Morgan fingerprint density at radius 1 is 1.27 bits per heavy atom. The topological polar surface area (TPSA) is 236 Å². The maximum atomic E-state index is 13.6. The van der Waals surface area contributed by atoms with Crippen LogP contribution in [0.5, 0.6) is 5.75 Å². The minimum atomic E-state index is -1.28. The van der Waals surface area contributed by atoms with Gasteiger partial charge >= 0.3 is 5.97 Å². The normalized spacial score (nSPS) is 18.5. The Labute approximate surface area is 283 Å². The molecule has 4 aromatic rings. The number of nitrogens with one attached hydrogen (secondary N) is 1. The molecule has 19 heteroatoms. The van der Waals surface area contributed by atoms with Gasteiger partial charge in [-0.2, -0.15) is 4.73 Å². The van der Waals surface area contributed by atoms with Gasteiger partial charge in [0, 0.05) is 23.0 Å². The minimum Gasteiger partial charge on any atom is -0.503 e. The molecule has 6 N–H and O–H groups in total. The molecule has 3 atom stereocenters. The smallest absolute Gasteiger partial charge is 0.352 e. The summed E-state index contributed by atoms with van der Waals surface area (Å²) in [6.07, 6.45) is -0.254. The molecule has 2 amide bonds. The lowest BCUT2D eigenvalue weighted by molar-refractivity contribution is -0.150. The predicted octanol–water partition coefficient (Wildman–Crippen LogP) is 2.62. The van der Waals surface area contributed by atoms with E-state index in [1.165, 1.54) is 28.9 Å². The number of hydrogen-bond acceptors (Lipinski definition) is 15. The molecule has 3 aromatic heterocycles. The molecule has 2 aliphatic heterocycles. The zero-order valence-corrected chi connectivity index (χ0v) is 27.5. The summed E-state index contributed by atoms with van der Waals surface area (Å²) >= 11 is 3.54. The number of aromatic hydroxyl groups is 1. The number of oxime groups is 1. The number of anilines is 1. The van der Waals surface area contributed by atoms with E-state index in [1.807, 2.05) is 12.1 Å². The molecule has 16 nitrogen and oxygen atoms in total. The van der Waals surface area contributed by atoms with Crippen LogP contribution in [0.2, 0.25) is 0 Å². The monoisotopic (exact) mass is 713 g/mol. The molecule has 0 saturated carbocycles. The number of rotatable bonds is 11. The van der Waals surface area contributed by atoms with Crippen LogP contribution in [0.15, 0.2) is 72.8 Å². The summed E-state index contributed by atoms with van der Waals surface area (Å²) in [5.74, 6) is -3.35. The highest BCUT2D eigenvalue weighted by Crippen LogP contribution is 2.42. The quantitative estimate of drug-likeness (QED) is 0.0494. The number of aromatic nitrogens is 3. The van der Waals surface area contributed by atoms with E-state index in [2.05, 4.69) is 20.4 Å². The van der Waals surface area contributed by atoms with Crippen LogP contribution in [0, 0.1) is 5.92 Å². The summed E-state index contributed by atoms with van der Waals surface area (Å²) < 4.78 is 6.24. The Morgan fingerprint density at radius 2 is 2.04 bits per heavy atom. The number of aliphatic carboxylic acids is 1. The third-order valence-electron chi connectivity index (χ3n) is 7.36. The number of pyridine rings is 1. The highest BCUT2D eigenvalue weighted by Gasteiger charge is 2.54. The van der Waals surface area contributed by atoms with Crippen LogP contribution in [0.25, 0.3) is 11.1 Å². The third kappa shape index (κ3) is 6.30. The number of oxazole rings is 1. The molecule has 0 bridgehead atoms. The first-order valence-corrected chi connectivity index (χ1v) is 17.1. The summed E-state index contributed by atoms with van der Waals surface area (Å²) in [7, 11) is 0. The van der Waals surface area contributed by atoms with E-state index in [4.69, 9.17) is 15.0 Å². The number of nitrogens with two attached hydrogens (primary N) is 1. The largest absolute Gasteiger partial charge is 0.503 e. The Morgan fingerprint density at radius 3 is 2.73 bits per heavy atom. The van der Waals surface area contributed by atoms with Crippen LogP contribution in [0.4, 0.5) is 5.13 Å². The lowest BCUT2D eigenvalue weighted by atomic mass is 10.0. The number of thiazole rings is 1. The van der Waals surface area contributed by atoms with Crippen LogP contribution >= 0.6 is 34.9 Å². The van der Waals surface area contributed by atoms with E-state index in [0.29, 0.717) is 26.6 Å². The van der Waals surface area contributed by atoms with Gasteiger partial charge in [0.25, 0.3) is 17.0 Å². The van der Waals surface area contributed by atoms with E-state index in [1.54, 1.807) is 26.0 Å². The molecule has 1 saturated heterocycles. The van der Waals surface area contributed by atoms with Crippen molar-refractivity contribution < 1.29 is 39.1 Å². The predicted molar refractivity (Wildman–Crippen MR) is 176 cm³/mol. The molecule has 5 heterocycles. The molecular weight excluding hydrogens is 687 g/mol. The van der Waals surface area contributed by atoms with Gasteiger partial charge in [-0.1, -0.05) is 42.9 Å². The van der Waals surface area contributed by atoms with Gasteiger partial charge < -0.3 is 35.7 Å². The van der Waals surface area contributed by atoms with E-state index >= 15 is 0 Å². The molecule has 1 aromatic carbocycles. The Balaban J connectivity index is 1.21. The Hall–Kier alpha value is -5.01. The summed E-state index contributed by atoms with van der Waals surface area (Å²) in [5.41, 5.74) is 6.28. The van der Waals surface area contributed by atoms with Crippen LogP contribution in [0.1, 0.15) is 31.3 Å². The molecule has 0 aliphatic carbocycles.